The summed E-state index contributed by atoms with van der Waals surface area (Å²) in [6.07, 6.45) is 1.15. The summed E-state index contributed by atoms with van der Waals surface area (Å²) in [6.45, 7) is 6.02. The number of nitrogens with one attached hydrogen (secondary N) is 1. The van der Waals surface area contributed by atoms with Crippen LogP contribution in [0.4, 0.5) is 0 Å². The van der Waals surface area contributed by atoms with Crippen molar-refractivity contribution >= 4 is 0 Å². The molecule has 1 heterocycles. The summed E-state index contributed by atoms with van der Waals surface area (Å²) in [5.74, 6) is 0. The van der Waals surface area contributed by atoms with Crippen molar-refractivity contribution in [3.05, 3.63) is 0 Å². The Morgan fingerprint density at radius 2 is 2.38 bits per heavy atom. The first-order valence-corrected chi connectivity index (χ1v) is 3.16. The molecule has 2 heteroatoms. The lowest BCUT2D eigenvalue weighted by molar-refractivity contribution is -0.0972. The molecule has 0 saturated carbocycles. The third kappa shape index (κ3) is 1.01. The van der Waals surface area contributed by atoms with Crippen LogP contribution < -0.4 is 5.32 Å². The van der Waals surface area contributed by atoms with E-state index in [0.717, 1.165) is 19.6 Å². The van der Waals surface area contributed by atoms with Gasteiger partial charge in [0.15, 0.2) is 0 Å². The van der Waals surface area contributed by atoms with E-state index in [0.29, 0.717) is 0 Å². The zero-order valence-corrected chi connectivity index (χ0v) is 5.53. The van der Waals surface area contributed by atoms with Gasteiger partial charge in [0.25, 0.3) is 0 Å². The lowest BCUT2D eigenvalue weighted by Gasteiger charge is -2.39. The van der Waals surface area contributed by atoms with Gasteiger partial charge in [-0.1, -0.05) is 0 Å². The predicted octanol–water partition coefficient (Wildman–Crippen LogP) is 0.732. The fourth-order valence-corrected chi connectivity index (χ4v) is 0.919. The second-order valence-electron chi connectivity index (χ2n) is 2.34. The molecule has 1 saturated heterocycles. The molecule has 1 atom stereocenters. The minimum Gasteiger partial charge on any atom is -0.361 e. The van der Waals surface area contributed by atoms with E-state index in [1.807, 2.05) is 6.92 Å². The summed E-state index contributed by atoms with van der Waals surface area (Å²) >= 11 is 0. The van der Waals surface area contributed by atoms with Crippen LogP contribution >= 0.6 is 0 Å². The summed E-state index contributed by atoms with van der Waals surface area (Å²) in [5.41, 5.74) is 0.0226. The van der Waals surface area contributed by atoms with Gasteiger partial charge in [0.05, 0.1) is 0 Å². The molecule has 0 aliphatic carbocycles. The average molecular weight is 115 g/mol. The van der Waals surface area contributed by atoms with Crippen molar-refractivity contribution in [2.24, 2.45) is 0 Å². The van der Waals surface area contributed by atoms with Gasteiger partial charge < -0.3 is 4.74 Å². The quantitative estimate of drug-likeness (QED) is 0.573. The number of rotatable bonds is 2. The third-order valence-electron chi connectivity index (χ3n) is 1.56. The van der Waals surface area contributed by atoms with Gasteiger partial charge in [0.1, 0.15) is 5.72 Å². The van der Waals surface area contributed by atoms with Gasteiger partial charge in [-0.25, -0.2) is 0 Å². The van der Waals surface area contributed by atoms with Crippen molar-refractivity contribution in [3.8, 4) is 0 Å². The van der Waals surface area contributed by atoms with E-state index >= 15 is 0 Å². The summed E-state index contributed by atoms with van der Waals surface area (Å²) in [6, 6.07) is 0. The molecular weight excluding hydrogens is 102 g/mol. The van der Waals surface area contributed by atoms with Crippen molar-refractivity contribution in [2.75, 3.05) is 13.2 Å². The van der Waals surface area contributed by atoms with Gasteiger partial charge in [-0.15, -0.1) is 0 Å². The molecule has 48 valence electrons. The molecule has 0 bridgehead atoms. The number of hydrogen-bond acceptors (Lipinski definition) is 2. The van der Waals surface area contributed by atoms with E-state index in [-0.39, 0.29) is 5.72 Å². The van der Waals surface area contributed by atoms with Crippen molar-refractivity contribution < 1.29 is 4.74 Å². The third-order valence-corrected chi connectivity index (χ3v) is 1.56. The van der Waals surface area contributed by atoms with Crippen molar-refractivity contribution in [2.45, 2.75) is 26.0 Å². The maximum absolute atomic E-state index is 5.35. The van der Waals surface area contributed by atoms with Crippen LogP contribution in [0.1, 0.15) is 20.3 Å². The highest BCUT2D eigenvalue weighted by atomic mass is 16.5. The van der Waals surface area contributed by atoms with Crippen molar-refractivity contribution in [1.29, 1.82) is 0 Å². The minimum atomic E-state index is 0.0226. The molecule has 0 radical (unpaired) electrons. The zero-order chi connectivity index (χ0) is 6.04. The van der Waals surface area contributed by atoms with E-state index in [1.165, 1.54) is 0 Å². The molecule has 0 aromatic rings. The van der Waals surface area contributed by atoms with E-state index in [2.05, 4.69) is 12.2 Å². The molecular formula is C6H13NO. The van der Waals surface area contributed by atoms with Gasteiger partial charge in [-0.3, -0.25) is 5.32 Å². The van der Waals surface area contributed by atoms with E-state index < -0.39 is 0 Å². The van der Waals surface area contributed by atoms with E-state index in [4.69, 9.17) is 4.74 Å². The van der Waals surface area contributed by atoms with Crippen LogP contribution in [0.3, 0.4) is 0 Å². The van der Waals surface area contributed by atoms with Crippen LogP contribution in [0, 0.1) is 0 Å². The van der Waals surface area contributed by atoms with Crippen LogP contribution in [0.5, 0.6) is 0 Å². The topological polar surface area (TPSA) is 21.3 Å². The first kappa shape index (κ1) is 6.05. The Hall–Kier alpha value is -0.0800. The highest BCUT2D eigenvalue weighted by Crippen LogP contribution is 2.18. The monoisotopic (exact) mass is 115 g/mol. The van der Waals surface area contributed by atoms with Crippen LogP contribution in [0.2, 0.25) is 0 Å². The molecule has 0 spiro atoms. The van der Waals surface area contributed by atoms with E-state index in [1.54, 1.807) is 0 Å². The first-order valence-electron chi connectivity index (χ1n) is 3.16. The molecule has 0 aromatic carbocycles. The standard InChI is InChI=1S/C6H13NO/c1-3-8-6(2)4-5-7-6/h7H,3-5H2,1-2H3. The minimum absolute atomic E-state index is 0.0226. The molecule has 1 N–H and O–H groups in total. The van der Waals surface area contributed by atoms with Crippen molar-refractivity contribution in [3.63, 3.8) is 0 Å². The van der Waals surface area contributed by atoms with Gasteiger partial charge in [-0.05, 0) is 13.8 Å². The van der Waals surface area contributed by atoms with Crippen LogP contribution in [0.15, 0.2) is 0 Å². The Bertz CT molecular complexity index is 78.6. The van der Waals surface area contributed by atoms with Gasteiger partial charge >= 0.3 is 0 Å². The first-order chi connectivity index (χ1) is 3.77. The lowest BCUT2D eigenvalue weighted by Crippen LogP contribution is -2.56. The molecule has 1 fully saturated rings. The van der Waals surface area contributed by atoms with Crippen LogP contribution in [0.25, 0.3) is 0 Å². The molecule has 1 aliphatic heterocycles. The number of ether oxygens (including phenoxy) is 1. The van der Waals surface area contributed by atoms with Gasteiger partial charge in [-0.2, -0.15) is 0 Å². The van der Waals surface area contributed by atoms with Crippen molar-refractivity contribution in [1.82, 2.24) is 5.32 Å². The van der Waals surface area contributed by atoms with Crippen LogP contribution in [-0.2, 0) is 4.74 Å². The SMILES string of the molecule is CCOC1(C)CCN1. The molecule has 1 unspecified atom stereocenters. The lowest BCUT2D eigenvalue weighted by atomic mass is 10.1. The molecule has 2 nitrogen and oxygen atoms in total. The smallest absolute Gasteiger partial charge is 0.117 e. The van der Waals surface area contributed by atoms with E-state index in [9.17, 15) is 0 Å². The second-order valence-corrected chi connectivity index (χ2v) is 2.34. The maximum atomic E-state index is 5.35. The molecule has 0 aromatic heterocycles. The molecule has 1 rings (SSSR count). The summed E-state index contributed by atoms with van der Waals surface area (Å²) in [5, 5.41) is 3.20. The Morgan fingerprint density at radius 1 is 1.75 bits per heavy atom. The Labute approximate surface area is 50.2 Å². The molecule has 0 amide bonds. The fourth-order valence-electron chi connectivity index (χ4n) is 0.919. The average Bonchev–Trinajstić information content (AvgIpc) is 1.64. The Kier molecular flexibility index (Phi) is 1.54. The Morgan fingerprint density at radius 3 is 2.50 bits per heavy atom. The molecule has 1 aliphatic rings. The van der Waals surface area contributed by atoms with Crippen LogP contribution in [-0.4, -0.2) is 18.9 Å². The largest absolute Gasteiger partial charge is 0.361 e. The maximum Gasteiger partial charge on any atom is 0.117 e. The second kappa shape index (κ2) is 2.03. The summed E-state index contributed by atoms with van der Waals surface area (Å²) < 4.78 is 5.35. The highest BCUT2D eigenvalue weighted by molar-refractivity contribution is 4.82. The summed E-state index contributed by atoms with van der Waals surface area (Å²) in [4.78, 5) is 0. The normalized spacial score (nSPS) is 36.8. The van der Waals surface area contributed by atoms with Gasteiger partial charge in [0.2, 0.25) is 0 Å². The predicted molar refractivity (Wildman–Crippen MR) is 32.7 cm³/mol. The highest BCUT2D eigenvalue weighted by Gasteiger charge is 2.30. The fraction of sp³-hybridized carbons (Fsp3) is 1.00. The van der Waals surface area contributed by atoms with Gasteiger partial charge in [0, 0.05) is 19.6 Å². The zero-order valence-electron chi connectivity index (χ0n) is 5.53. The number of hydrogen-bond donors (Lipinski definition) is 1. The Balaban J connectivity index is 2.20. The summed E-state index contributed by atoms with van der Waals surface area (Å²) in [7, 11) is 0. The molecule has 8 heavy (non-hydrogen) atoms.